The molecule has 0 N–H and O–H groups in total. The summed E-state index contributed by atoms with van der Waals surface area (Å²) in [5.74, 6) is 0.340. The Morgan fingerprint density at radius 1 is 1.29 bits per heavy atom. The van der Waals surface area contributed by atoms with Gasteiger partial charge in [0.2, 0.25) is 5.91 Å². The van der Waals surface area contributed by atoms with E-state index in [1.165, 1.54) is 11.3 Å². The largest absolute Gasteiger partial charge is 0.283 e. The Morgan fingerprint density at radius 2 is 2.04 bits per heavy atom. The van der Waals surface area contributed by atoms with Gasteiger partial charge in [-0.3, -0.25) is 9.69 Å². The zero-order chi connectivity index (χ0) is 16.7. The molecule has 1 amide bonds. The summed E-state index contributed by atoms with van der Waals surface area (Å²) in [6.07, 6.45) is 1.97. The third-order valence-corrected chi connectivity index (χ3v) is 5.49. The normalized spacial score (nSPS) is 14.1. The molecule has 3 aromatic rings. The summed E-state index contributed by atoms with van der Waals surface area (Å²) in [7, 11) is 0. The number of anilines is 1. The van der Waals surface area contributed by atoms with Crippen LogP contribution in [0.1, 0.15) is 24.0 Å². The zero-order valence-electron chi connectivity index (χ0n) is 13.3. The van der Waals surface area contributed by atoms with Crippen molar-refractivity contribution in [3.8, 4) is 0 Å². The van der Waals surface area contributed by atoms with Crippen LogP contribution < -0.4 is 4.90 Å². The summed E-state index contributed by atoms with van der Waals surface area (Å²) < 4.78 is 1.02. The minimum atomic E-state index is 0.158. The lowest BCUT2D eigenvalue weighted by molar-refractivity contribution is -0.119. The second-order valence-corrected chi connectivity index (χ2v) is 7.70. The first-order valence-corrected chi connectivity index (χ1v) is 9.23. The van der Waals surface area contributed by atoms with Crippen LogP contribution in [0, 0.1) is 12.8 Å². The van der Waals surface area contributed by atoms with E-state index in [0.29, 0.717) is 11.6 Å². The molecule has 4 rings (SSSR count). The first kappa shape index (κ1) is 15.6. The molecule has 0 aliphatic heterocycles. The number of hydrogen-bond donors (Lipinski definition) is 0. The average Bonchev–Trinajstić information content (AvgIpc) is 3.33. The van der Waals surface area contributed by atoms with Crippen LogP contribution in [-0.4, -0.2) is 10.9 Å². The van der Waals surface area contributed by atoms with Gasteiger partial charge in [0.15, 0.2) is 5.13 Å². The summed E-state index contributed by atoms with van der Waals surface area (Å²) >= 11 is 7.70. The second kappa shape index (κ2) is 6.19. The molecule has 0 atom stereocenters. The van der Waals surface area contributed by atoms with E-state index in [-0.39, 0.29) is 11.8 Å². The highest BCUT2D eigenvalue weighted by Crippen LogP contribution is 2.37. The molecular formula is C19H17ClN2OS. The zero-order valence-corrected chi connectivity index (χ0v) is 14.9. The number of nitrogens with zero attached hydrogens (tertiary/aromatic N) is 2. The molecule has 1 fully saturated rings. The molecular weight excluding hydrogens is 340 g/mol. The topological polar surface area (TPSA) is 33.2 Å². The molecule has 0 spiro atoms. The number of amides is 1. The van der Waals surface area contributed by atoms with Gasteiger partial charge < -0.3 is 0 Å². The van der Waals surface area contributed by atoms with Gasteiger partial charge in [0, 0.05) is 10.9 Å². The molecule has 0 radical (unpaired) electrons. The summed E-state index contributed by atoms with van der Waals surface area (Å²) in [5.41, 5.74) is 3.08. The van der Waals surface area contributed by atoms with Crippen molar-refractivity contribution in [2.75, 3.05) is 4.90 Å². The minimum absolute atomic E-state index is 0.158. The van der Waals surface area contributed by atoms with Crippen molar-refractivity contribution < 1.29 is 4.79 Å². The van der Waals surface area contributed by atoms with E-state index in [2.05, 4.69) is 0 Å². The molecule has 0 saturated heterocycles. The van der Waals surface area contributed by atoms with Crippen LogP contribution in [0.5, 0.6) is 0 Å². The van der Waals surface area contributed by atoms with Crippen molar-refractivity contribution in [3.63, 3.8) is 0 Å². The molecule has 1 saturated carbocycles. The molecule has 24 heavy (non-hydrogen) atoms. The van der Waals surface area contributed by atoms with Crippen molar-refractivity contribution >= 4 is 44.2 Å². The number of benzene rings is 2. The molecule has 2 aromatic carbocycles. The van der Waals surface area contributed by atoms with Crippen LogP contribution in [0.2, 0.25) is 5.02 Å². The molecule has 1 aromatic heterocycles. The van der Waals surface area contributed by atoms with E-state index in [0.717, 1.165) is 39.3 Å². The van der Waals surface area contributed by atoms with Gasteiger partial charge in [-0.05, 0) is 43.0 Å². The van der Waals surface area contributed by atoms with Crippen LogP contribution >= 0.6 is 22.9 Å². The van der Waals surface area contributed by atoms with Gasteiger partial charge in [-0.25, -0.2) is 4.98 Å². The van der Waals surface area contributed by atoms with Crippen molar-refractivity contribution in [1.29, 1.82) is 0 Å². The number of carbonyl (C=O) groups excluding carboxylic acids is 1. The standard InChI is InChI=1S/C19H17ClN2OS/c1-12-9-15(20)10-16-17(12)21-19(24-16)22(18(23)14-7-8-14)11-13-5-3-2-4-6-13/h2-6,9-10,14H,7-8,11H2,1H3. The molecule has 0 bridgehead atoms. The lowest BCUT2D eigenvalue weighted by atomic mass is 10.2. The number of thiazole rings is 1. The Labute approximate surface area is 149 Å². The fraction of sp³-hybridized carbons (Fsp3) is 0.263. The van der Waals surface area contributed by atoms with E-state index < -0.39 is 0 Å². The number of aryl methyl sites for hydroxylation is 1. The monoisotopic (exact) mass is 356 g/mol. The van der Waals surface area contributed by atoms with E-state index in [4.69, 9.17) is 16.6 Å². The molecule has 0 unspecified atom stereocenters. The number of hydrogen-bond acceptors (Lipinski definition) is 3. The van der Waals surface area contributed by atoms with Crippen molar-refractivity contribution in [1.82, 2.24) is 4.98 Å². The Morgan fingerprint density at radius 3 is 2.75 bits per heavy atom. The summed E-state index contributed by atoms with van der Waals surface area (Å²) in [5, 5.41) is 1.47. The molecule has 1 aliphatic rings. The minimum Gasteiger partial charge on any atom is -0.283 e. The van der Waals surface area contributed by atoms with Crippen LogP contribution in [-0.2, 0) is 11.3 Å². The predicted octanol–water partition coefficient (Wildman–Crippen LogP) is 5.20. The maximum absolute atomic E-state index is 12.8. The average molecular weight is 357 g/mol. The number of fused-ring (bicyclic) bond motifs is 1. The number of rotatable bonds is 4. The molecule has 1 aliphatic carbocycles. The highest BCUT2D eigenvalue weighted by Gasteiger charge is 2.35. The third-order valence-electron chi connectivity index (χ3n) is 4.25. The van der Waals surface area contributed by atoms with E-state index >= 15 is 0 Å². The van der Waals surface area contributed by atoms with Crippen LogP contribution in [0.15, 0.2) is 42.5 Å². The van der Waals surface area contributed by atoms with Crippen LogP contribution in [0.4, 0.5) is 5.13 Å². The van der Waals surface area contributed by atoms with Crippen molar-refractivity contribution in [2.45, 2.75) is 26.3 Å². The number of carbonyl (C=O) groups is 1. The summed E-state index contributed by atoms with van der Waals surface area (Å²) in [6, 6.07) is 13.9. The maximum Gasteiger partial charge on any atom is 0.232 e. The van der Waals surface area contributed by atoms with Gasteiger partial charge in [0.05, 0.1) is 16.8 Å². The number of halogens is 1. The summed E-state index contributed by atoms with van der Waals surface area (Å²) in [4.78, 5) is 19.4. The van der Waals surface area contributed by atoms with Gasteiger partial charge in [-0.2, -0.15) is 0 Å². The Hall–Kier alpha value is -1.91. The van der Waals surface area contributed by atoms with Gasteiger partial charge in [0.25, 0.3) is 0 Å². The van der Waals surface area contributed by atoms with Gasteiger partial charge in [-0.1, -0.05) is 53.3 Å². The highest BCUT2D eigenvalue weighted by molar-refractivity contribution is 7.22. The highest BCUT2D eigenvalue weighted by atomic mass is 35.5. The van der Waals surface area contributed by atoms with Gasteiger partial charge >= 0.3 is 0 Å². The SMILES string of the molecule is Cc1cc(Cl)cc2sc(N(Cc3ccccc3)C(=O)C3CC3)nc12. The lowest BCUT2D eigenvalue weighted by Gasteiger charge is -2.19. The number of aromatic nitrogens is 1. The second-order valence-electron chi connectivity index (χ2n) is 6.25. The third kappa shape index (κ3) is 3.04. The van der Waals surface area contributed by atoms with E-state index in [9.17, 15) is 4.79 Å². The van der Waals surface area contributed by atoms with Gasteiger partial charge in [0.1, 0.15) is 0 Å². The first-order chi connectivity index (χ1) is 11.6. The molecule has 5 heteroatoms. The fourth-order valence-corrected chi connectivity index (χ4v) is 4.24. The fourth-order valence-electron chi connectivity index (χ4n) is 2.81. The predicted molar refractivity (Wildman–Crippen MR) is 99.7 cm³/mol. The molecule has 122 valence electrons. The first-order valence-electron chi connectivity index (χ1n) is 8.04. The van der Waals surface area contributed by atoms with Crippen LogP contribution in [0.25, 0.3) is 10.2 Å². The van der Waals surface area contributed by atoms with E-state index in [1.54, 1.807) is 0 Å². The van der Waals surface area contributed by atoms with E-state index in [1.807, 2.05) is 54.3 Å². The Balaban J connectivity index is 1.75. The molecule has 1 heterocycles. The Kier molecular flexibility index (Phi) is 4.02. The quantitative estimate of drug-likeness (QED) is 0.643. The maximum atomic E-state index is 12.8. The Bertz CT molecular complexity index is 902. The lowest BCUT2D eigenvalue weighted by Crippen LogP contribution is -2.31. The smallest absolute Gasteiger partial charge is 0.232 e. The van der Waals surface area contributed by atoms with Crippen molar-refractivity contribution in [2.24, 2.45) is 5.92 Å². The van der Waals surface area contributed by atoms with Crippen molar-refractivity contribution in [3.05, 3.63) is 58.6 Å². The van der Waals surface area contributed by atoms with Crippen LogP contribution in [0.3, 0.4) is 0 Å². The van der Waals surface area contributed by atoms with Gasteiger partial charge in [-0.15, -0.1) is 0 Å². The summed E-state index contributed by atoms with van der Waals surface area (Å²) in [6.45, 7) is 2.56. The molecule has 3 nitrogen and oxygen atoms in total.